The first-order valence-electron chi connectivity index (χ1n) is 17.9. The van der Waals surface area contributed by atoms with Crippen LogP contribution in [0, 0.1) is 46.3 Å². The maximum absolute atomic E-state index is 14.8. The van der Waals surface area contributed by atoms with Crippen LogP contribution >= 0.6 is 7.82 Å². The first kappa shape index (κ1) is 33.9. The average molecular weight is 651 g/mol. The minimum absolute atomic E-state index is 0.117. The fourth-order valence-corrected chi connectivity index (χ4v) is 12.1. The van der Waals surface area contributed by atoms with Crippen molar-refractivity contribution in [1.29, 1.82) is 0 Å². The van der Waals surface area contributed by atoms with Gasteiger partial charge >= 0.3 is 13.8 Å². The molecule has 4 aliphatic rings. The van der Waals surface area contributed by atoms with Gasteiger partial charge in [-0.05, 0) is 109 Å². The zero-order valence-corrected chi connectivity index (χ0v) is 29.3. The third-order valence-corrected chi connectivity index (χ3v) is 14.5. The first-order chi connectivity index (χ1) is 22.1. The Morgan fingerprint density at radius 3 is 2.11 bits per heavy atom. The number of methoxy groups -OCH3 is 1. The number of rotatable bonds is 12. The van der Waals surface area contributed by atoms with Gasteiger partial charge in [-0.3, -0.25) is 18.4 Å². The minimum atomic E-state index is -3.92. The topological polar surface area (TPSA) is 71.1 Å². The molecule has 4 saturated carbocycles. The van der Waals surface area contributed by atoms with Gasteiger partial charge in [0.15, 0.2) is 0 Å². The van der Waals surface area contributed by atoms with Crippen LogP contribution in [-0.2, 0) is 40.9 Å². The number of hydrogen-bond donors (Lipinski definition) is 0. The second-order valence-electron chi connectivity index (χ2n) is 15.4. The van der Waals surface area contributed by atoms with E-state index in [0.717, 1.165) is 30.4 Å². The Morgan fingerprint density at radius 1 is 0.848 bits per heavy atom. The van der Waals surface area contributed by atoms with Gasteiger partial charge in [0.2, 0.25) is 0 Å². The molecule has 0 spiro atoms. The highest BCUT2D eigenvalue weighted by molar-refractivity contribution is 7.48. The largest absolute Gasteiger partial charge is 0.475 e. The van der Waals surface area contributed by atoms with Gasteiger partial charge in [0.1, 0.15) is 0 Å². The van der Waals surface area contributed by atoms with Crippen LogP contribution in [0.15, 0.2) is 60.7 Å². The maximum Gasteiger partial charge on any atom is 0.475 e. The third kappa shape index (κ3) is 6.93. The van der Waals surface area contributed by atoms with Gasteiger partial charge in [-0.2, -0.15) is 0 Å². The van der Waals surface area contributed by atoms with E-state index in [0.29, 0.717) is 47.3 Å². The van der Waals surface area contributed by atoms with Crippen molar-refractivity contribution in [1.82, 2.24) is 0 Å². The third-order valence-electron chi connectivity index (χ3n) is 13.1. The van der Waals surface area contributed by atoms with Crippen LogP contribution in [0.2, 0.25) is 0 Å². The van der Waals surface area contributed by atoms with E-state index in [2.05, 4.69) is 20.8 Å². The number of phosphoric ester groups is 1. The lowest BCUT2D eigenvalue weighted by Crippen LogP contribution is -2.58. The smallest absolute Gasteiger partial charge is 0.469 e. The Kier molecular flexibility index (Phi) is 10.5. The number of benzene rings is 2. The number of carbonyl (C=O) groups excluding carboxylic acids is 1. The lowest BCUT2D eigenvalue weighted by molar-refractivity contribution is -0.163. The molecule has 6 rings (SSSR count). The molecule has 4 fully saturated rings. The lowest BCUT2D eigenvalue weighted by Gasteiger charge is -2.62. The summed E-state index contributed by atoms with van der Waals surface area (Å²) in [6.45, 7) is 7.77. The summed E-state index contributed by atoms with van der Waals surface area (Å²) in [5, 5.41) is 0. The number of hydrogen-bond acceptors (Lipinski definition) is 6. The molecule has 7 heteroatoms. The van der Waals surface area contributed by atoms with Gasteiger partial charge in [-0.1, -0.05) is 94.3 Å². The van der Waals surface area contributed by atoms with Gasteiger partial charge in [-0.25, -0.2) is 4.57 Å². The minimum Gasteiger partial charge on any atom is -0.469 e. The second kappa shape index (κ2) is 14.2. The van der Waals surface area contributed by atoms with Crippen molar-refractivity contribution >= 4 is 13.8 Å². The van der Waals surface area contributed by atoms with E-state index >= 15 is 0 Å². The van der Waals surface area contributed by atoms with Crippen LogP contribution in [0.4, 0.5) is 0 Å². The summed E-state index contributed by atoms with van der Waals surface area (Å²) in [6.07, 6.45) is 11.9. The van der Waals surface area contributed by atoms with Crippen LogP contribution in [0.25, 0.3) is 0 Å². The Balaban J connectivity index is 1.29. The van der Waals surface area contributed by atoms with Gasteiger partial charge in [0, 0.05) is 6.42 Å². The summed E-state index contributed by atoms with van der Waals surface area (Å²) in [5.41, 5.74) is 2.34. The van der Waals surface area contributed by atoms with Crippen LogP contribution in [-0.4, -0.2) is 19.2 Å². The summed E-state index contributed by atoms with van der Waals surface area (Å²) >= 11 is 0. The van der Waals surface area contributed by atoms with E-state index in [9.17, 15) is 9.36 Å². The molecule has 0 amide bonds. The van der Waals surface area contributed by atoms with Crippen LogP contribution in [0.5, 0.6) is 0 Å². The Hall–Kier alpha value is -1.98. The lowest BCUT2D eigenvalue weighted by atomic mass is 9.44. The predicted molar refractivity (Wildman–Crippen MR) is 181 cm³/mol. The van der Waals surface area contributed by atoms with Crippen molar-refractivity contribution < 1.29 is 27.7 Å². The Morgan fingerprint density at radius 2 is 1.48 bits per heavy atom. The number of fused-ring (bicyclic) bond motifs is 5. The molecule has 0 radical (unpaired) electrons. The first-order valence-corrected chi connectivity index (χ1v) is 19.3. The molecule has 2 aromatic rings. The van der Waals surface area contributed by atoms with Crippen molar-refractivity contribution in [2.45, 2.75) is 111 Å². The molecule has 0 heterocycles. The zero-order valence-electron chi connectivity index (χ0n) is 28.4. The quantitative estimate of drug-likeness (QED) is 0.168. The Labute approximate surface area is 276 Å². The van der Waals surface area contributed by atoms with Crippen molar-refractivity contribution in [3.8, 4) is 0 Å². The molecule has 2 aromatic carbocycles. The Bertz CT molecular complexity index is 1300. The van der Waals surface area contributed by atoms with E-state index < -0.39 is 7.82 Å². The summed E-state index contributed by atoms with van der Waals surface area (Å²) < 4.78 is 39.0. The average Bonchev–Trinajstić information content (AvgIpc) is 3.43. The molecule has 0 bridgehead atoms. The van der Waals surface area contributed by atoms with Crippen LogP contribution in [0.3, 0.4) is 0 Å². The van der Waals surface area contributed by atoms with Crippen LogP contribution in [0.1, 0.15) is 103 Å². The number of esters is 1. The fourth-order valence-electron chi connectivity index (χ4n) is 10.7. The number of carbonyl (C=O) groups is 1. The molecular weight excluding hydrogens is 595 g/mol. The molecule has 0 saturated heterocycles. The van der Waals surface area contributed by atoms with Crippen molar-refractivity contribution in [3.05, 3.63) is 71.8 Å². The molecule has 6 nitrogen and oxygen atoms in total. The van der Waals surface area contributed by atoms with E-state index in [1.54, 1.807) is 0 Å². The highest BCUT2D eigenvalue weighted by atomic mass is 31.2. The molecule has 252 valence electrons. The van der Waals surface area contributed by atoms with Gasteiger partial charge in [-0.15, -0.1) is 0 Å². The summed E-state index contributed by atoms with van der Waals surface area (Å²) in [7, 11) is -2.44. The zero-order chi connectivity index (χ0) is 32.4. The standard InChI is InChI=1S/C39H55O6P/c1-28(18-21-36(40)42-4)32-19-20-33-37-34(22-24-39(32,33)3)38(2)23-12-11-17-31(38)25-35(37)45-46(41,43-26-29-13-7-5-8-14-29)44-27-30-15-9-6-10-16-30/h5-10,13-16,28,31-35,37H,11-12,17-27H2,1-4H3/t28-,31?,32?,33+,34+,35-,37?,38?,39?/m1/s1. The SMILES string of the molecule is COC(=O)CC[C@@H](C)C1CC[C@H]2C3[C@H](OP(=O)(OCc4ccccc4)OCc4ccccc4)CC4CCCCC4(C)[C@H]3CCC12C. The highest BCUT2D eigenvalue weighted by Crippen LogP contribution is 2.70. The monoisotopic (exact) mass is 650 g/mol. The molecule has 0 aromatic heterocycles. The molecule has 5 unspecified atom stereocenters. The van der Waals surface area contributed by atoms with Gasteiger partial charge in [0.05, 0.1) is 26.4 Å². The summed E-state index contributed by atoms with van der Waals surface area (Å²) in [5.74, 6) is 2.77. The van der Waals surface area contributed by atoms with E-state index in [4.69, 9.17) is 18.3 Å². The molecule has 9 atom stereocenters. The molecule has 46 heavy (non-hydrogen) atoms. The van der Waals surface area contributed by atoms with Crippen molar-refractivity contribution in [2.24, 2.45) is 46.3 Å². The van der Waals surface area contributed by atoms with Crippen molar-refractivity contribution in [3.63, 3.8) is 0 Å². The summed E-state index contributed by atoms with van der Waals surface area (Å²) in [4.78, 5) is 12.0. The second-order valence-corrected chi connectivity index (χ2v) is 17.0. The number of phosphoric acid groups is 1. The maximum atomic E-state index is 14.8. The summed E-state index contributed by atoms with van der Waals surface area (Å²) in [6, 6.07) is 19.8. The van der Waals surface area contributed by atoms with Gasteiger partial charge < -0.3 is 4.74 Å². The number of ether oxygens (including phenoxy) is 1. The van der Waals surface area contributed by atoms with E-state index in [1.807, 2.05) is 60.7 Å². The molecule has 0 N–H and O–H groups in total. The normalized spacial score (nSPS) is 34.6. The van der Waals surface area contributed by atoms with E-state index in [1.165, 1.54) is 52.1 Å². The van der Waals surface area contributed by atoms with Crippen molar-refractivity contribution in [2.75, 3.05) is 7.11 Å². The van der Waals surface area contributed by atoms with Gasteiger partial charge in [0.25, 0.3) is 0 Å². The molecule has 4 aliphatic carbocycles. The highest BCUT2D eigenvalue weighted by Gasteiger charge is 2.63. The van der Waals surface area contributed by atoms with Crippen LogP contribution < -0.4 is 0 Å². The predicted octanol–water partition coefficient (Wildman–Crippen LogP) is 10.2. The van der Waals surface area contributed by atoms with E-state index in [-0.39, 0.29) is 30.7 Å². The molecule has 0 aliphatic heterocycles. The fraction of sp³-hybridized carbons (Fsp3) is 0.667. The molecular formula is C39H55O6P.